The molecule has 102 valence electrons. The number of carbonyl (C=O) groups excluding carboxylic acids is 1. The van der Waals surface area contributed by atoms with Crippen molar-refractivity contribution in [3.8, 4) is 0 Å². The number of rotatable bonds is 3. The summed E-state index contributed by atoms with van der Waals surface area (Å²) in [4.78, 5) is 12.0. The third kappa shape index (κ3) is 2.74. The Morgan fingerprint density at radius 1 is 1.15 bits per heavy atom. The maximum Gasteiger partial charge on any atom is 0.255 e. The zero-order valence-corrected chi connectivity index (χ0v) is 10.4. The Balaban J connectivity index is 2.35. The number of halogens is 1. The fourth-order valence-electron chi connectivity index (χ4n) is 1.72. The number of hydrogen-bond acceptors (Lipinski definition) is 3. The molecule has 0 saturated heterocycles. The number of nitrogens with two attached hydrogens (primary N) is 1. The van der Waals surface area contributed by atoms with E-state index in [1.807, 2.05) is 0 Å². The standard InChI is InChI=1S/C14H12FN3O2/c15-10-7-4-8-11(12(10)13(16)18-20)17-14(19)9-5-2-1-3-6-9/h1-8,20H,(H2,16,18)(H,17,19). The van der Waals surface area contributed by atoms with Gasteiger partial charge in [-0.25, -0.2) is 4.39 Å². The second-order valence-electron chi connectivity index (χ2n) is 3.97. The Bertz CT molecular complexity index is 657. The van der Waals surface area contributed by atoms with Crippen LogP contribution in [0.4, 0.5) is 10.1 Å². The predicted octanol–water partition coefficient (Wildman–Crippen LogP) is 2.17. The minimum atomic E-state index is -0.689. The summed E-state index contributed by atoms with van der Waals surface area (Å²) in [7, 11) is 0. The van der Waals surface area contributed by atoms with Crippen LogP contribution in [-0.2, 0) is 0 Å². The maximum absolute atomic E-state index is 13.7. The first-order chi connectivity index (χ1) is 9.63. The van der Waals surface area contributed by atoms with Crippen molar-refractivity contribution in [2.24, 2.45) is 10.9 Å². The molecule has 0 fully saturated rings. The molecule has 0 spiro atoms. The summed E-state index contributed by atoms with van der Waals surface area (Å²) in [5.74, 6) is -1.51. The monoisotopic (exact) mass is 273 g/mol. The SMILES string of the molecule is N/C(=N/O)c1c(F)cccc1NC(=O)c1ccccc1. The van der Waals surface area contributed by atoms with Crippen LogP contribution in [0.15, 0.2) is 53.7 Å². The number of amides is 1. The van der Waals surface area contributed by atoms with Crippen molar-refractivity contribution in [2.75, 3.05) is 5.32 Å². The average molecular weight is 273 g/mol. The van der Waals surface area contributed by atoms with E-state index in [0.717, 1.165) is 6.07 Å². The normalized spacial score (nSPS) is 11.2. The lowest BCUT2D eigenvalue weighted by Gasteiger charge is -2.10. The van der Waals surface area contributed by atoms with E-state index in [1.165, 1.54) is 12.1 Å². The molecule has 0 atom stereocenters. The molecule has 0 aromatic heterocycles. The summed E-state index contributed by atoms with van der Waals surface area (Å²) in [6.45, 7) is 0. The summed E-state index contributed by atoms with van der Waals surface area (Å²) < 4.78 is 13.7. The number of anilines is 1. The van der Waals surface area contributed by atoms with Gasteiger partial charge < -0.3 is 16.3 Å². The van der Waals surface area contributed by atoms with Crippen molar-refractivity contribution in [3.63, 3.8) is 0 Å². The lowest BCUT2D eigenvalue weighted by atomic mass is 10.1. The van der Waals surface area contributed by atoms with E-state index in [2.05, 4.69) is 10.5 Å². The van der Waals surface area contributed by atoms with Crippen LogP contribution in [0, 0.1) is 5.82 Å². The van der Waals surface area contributed by atoms with Gasteiger partial charge in [-0.05, 0) is 24.3 Å². The van der Waals surface area contributed by atoms with Crippen LogP contribution < -0.4 is 11.1 Å². The fraction of sp³-hybridized carbons (Fsp3) is 0. The molecule has 20 heavy (non-hydrogen) atoms. The largest absolute Gasteiger partial charge is 0.409 e. The van der Waals surface area contributed by atoms with Gasteiger partial charge in [-0.2, -0.15) is 0 Å². The molecule has 5 nitrogen and oxygen atoms in total. The number of carbonyl (C=O) groups is 1. The molecule has 2 aromatic rings. The molecule has 6 heteroatoms. The van der Waals surface area contributed by atoms with Crippen molar-refractivity contribution in [1.82, 2.24) is 0 Å². The Hall–Kier alpha value is -2.89. The van der Waals surface area contributed by atoms with Crippen molar-refractivity contribution < 1.29 is 14.4 Å². The molecule has 0 radical (unpaired) electrons. The van der Waals surface area contributed by atoms with Crippen LogP contribution in [0.1, 0.15) is 15.9 Å². The molecule has 0 aliphatic carbocycles. The molecule has 0 heterocycles. The average Bonchev–Trinajstić information content (AvgIpc) is 2.47. The quantitative estimate of drug-likeness (QED) is 0.346. The van der Waals surface area contributed by atoms with Gasteiger partial charge in [0.25, 0.3) is 5.91 Å². The molecule has 0 saturated carbocycles. The Morgan fingerprint density at radius 2 is 1.85 bits per heavy atom. The van der Waals surface area contributed by atoms with Gasteiger partial charge in [-0.15, -0.1) is 0 Å². The Kier molecular flexibility index (Phi) is 3.95. The molecule has 1 amide bonds. The number of nitrogens with zero attached hydrogens (tertiary/aromatic N) is 1. The van der Waals surface area contributed by atoms with E-state index in [4.69, 9.17) is 10.9 Å². The van der Waals surface area contributed by atoms with Crippen molar-refractivity contribution in [2.45, 2.75) is 0 Å². The maximum atomic E-state index is 13.7. The second-order valence-corrected chi connectivity index (χ2v) is 3.97. The van der Waals surface area contributed by atoms with Crippen LogP contribution in [0.5, 0.6) is 0 Å². The highest BCUT2D eigenvalue weighted by Crippen LogP contribution is 2.19. The Labute approximate surface area is 114 Å². The van der Waals surface area contributed by atoms with Crippen LogP contribution in [0.25, 0.3) is 0 Å². The summed E-state index contributed by atoms with van der Waals surface area (Å²) >= 11 is 0. The number of nitrogens with one attached hydrogen (secondary N) is 1. The van der Waals surface area contributed by atoms with E-state index in [-0.39, 0.29) is 11.3 Å². The highest BCUT2D eigenvalue weighted by molar-refractivity contribution is 6.09. The molecule has 0 aliphatic rings. The van der Waals surface area contributed by atoms with Crippen LogP contribution in [0.3, 0.4) is 0 Å². The third-order valence-electron chi connectivity index (χ3n) is 2.66. The van der Waals surface area contributed by atoms with Crippen molar-refractivity contribution in [3.05, 3.63) is 65.5 Å². The van der Waals surface area contributed by atoms with E-state index < -0.39 is 17.6 Å². The van der Waals surface area contributed by atoms with Gasteiger partial charge in [0.05, 0.1) is 11.3 Å². The third-order valence-corrected chi connectivity index (χ3v) is 2.66. The fourth-order valence-corrected chi connectivity index (χ4v) is 1.72. The molecular weight excluding hydrogens is 261 g/mol. The molecule has 0 unspecified atom stereocenters. The first-order valence-electron chi connectivity index (χ1n) is 5.76. The minimum Gasteiger partial charge on any atom is -0.409 e. The zero-order chi connectivity index (χ0) is 14.5. The van der Waals surface area contributed by atoms with Gasteiger partial charge in [0, 0.05) is 5.56 Å². The van der Waals surface area contributed by atoms with Gasteiger partial charge >= 0.3 is 0 Å². The van der Waals surface area contributed by atoms with Gasteiger partial charge in [-0.3, -0.25) is 4.79 Å². The second kappa shape index (κ2) is 5.83. The number of oxime groups is 1. The highest BCUT2D eigenvalue weighted by atomic mass is 19.1. The molecular formula is C14H12FN3O2. The molecule has 2 rings (SSSR count). The van der Waals surface area contributed by atoms with Crippen LogP contribution >= 0.6 is 0 Å². The Morgan fingerprint density at radius 3 is 2.50 bits per heavy atom. The zero-order valence-electron chi connectivity index (χ0n) is 10.4. The number of amidine groups is 1. The first-order valence-corrected chi connectivity index (χ1v) is 5.76. The summed E-state index contributed by atoms with van der Waals surface area (Å²) in [6, 6.07) is 12.5. The van der Waals surface area contributed by atoms with Crippen molar-refractivity contribution >= 4 is 17.4 Å². The van der Waals surface area contributed by atoms with Crippen LogP contribution in [0.2, 0.25) is 0 Å². The lowest BCUT2D eigenvalue weighted by molar-refractivity contribution is 0.102. The topological polar surface area (TPSA) is 87.7 Å². The van der Waals surface area contributed by atoms with Crippen molar-refractivity contribution in [1.29, 1.82) is 0 Å². The molecule has 0 bridgehead atoms. The number of benzene rings is 2. The van der Waals surface area contributed by atoms with Gasteiger partial charge in [0.1, 0.15) is 5.82 Å². The van der Waals surface area contributed by atoms with E-state index in [0.29, 0.717) is 5.56 Å². The smallest absolute Gasteiger partial charge is 0.255 e. The highest BCUT2D eigenvalue weighted by Gasteiger charge is 2.15. The summed E-state index contributed by atoms with van der Waals surface area (Å²) in [5, 5.41) is 14.0. The van der Waals surface area contributed by atoms with Gasteiger partial charge in [-0.1, -0.05) is 29.4 Å². The van der Waals surface area contributed by atoms with E-state index in [1.54, 1.807) is 30.3 Å². The van der Waals surface area contributed by atoms with E-state index in [9.17, 15) is 9.18 Å². The predicted molar refractivity (Wildman–Crippen MR) is 73.3 cm³/mol. The number of hydrogen-bond donors (Lipinski definition) is 3. The first kappa shape index (κ1) is 13.5. The molecule has 2 aromatic carbocycles. The van der Waals surface area contributed by atoms with Gasteiger partial charge in [0.15, 0.2) is 5.84 Å². The summed E-state index contributed by atoms with van der Waals surface area (Å²) in [6.07, 6.45) is 0. The lowest BCUT2D eigenvalue weighted by Crippen LogP contribution is -2.20. The van der Waals surface area contributed by atoms with E-state index >= 15 is 0 Å². The van der Waals surface area contributed by atoms with Crippen LogP contribution in [-0.4, -0.2) is 17.0 Å². The molecule has 0 aliphatic heterocycles. The summed E-state index contributed by atoms with van der Waals surface area (Å²) in [5.41, 5.74) is 5.82. The molecule has 4 N–H and O–H groups in total. The minimum absolute atomic E-state index is 0.133. The van der Waals surface area contributed by atoms with Gasteiger partial charge in [0.2, 0.25) is 0 Å².